The van der Waals surface area contributed by atoms with Crippen molar-refractivity contribution in [2.24, 2.45) is 0 Å². The standard InChI is InChI=1S/C8H8O2S2/c9-8(10)7-6-4-11-2-1-5(6)3-12-7/h3H,1-2,4H2,(H,9,10). The predicted molar refractivity (Wildman–Crippen MR) is 51.1 cm³/mol. The van der Waals surface area contributed by atoms with E-state index in [1.54, 1.807) is 0 Å². The van der Waals surface area contributed by atoms with Crippen molar-refractivity contribution in [2.45, 2.75) is 12.2 Å². The molecular formula is C8H8O2S2. The minimum Gasteiger partial charge on any atom is -0.477 e. The van der Waals surface area contributed by atoms with Gasteiger partial charge in [0, 0.05) is 5.75 Å². The molecule has 0 aliphatic carbocycles. The first-order valence-corrected chi connectivity index (χ1v) is 5.73. The lowest BCUT2D eigenvalue weighted by Crippen LogP contribution is -2.04. The highest BCUT2D eigenvalue weighted by Crippen LogP contribution is 2.31. The first-order valence-electron chi connectivity index (χ1n) is 3.69. The van der Waals surface area contributed by atoms with E-state index in [1.165, 1.54) is 16.9 Å². The summed E-state index contributed by atoms with van der Waals surface area (Å²) in [4.78, 5) is 11.3. The molecule has 2 heterocycles. The minimum atomic E-state index is -0.774. The topological polar surface area (TPSA) is 37.3 Å². The van der Waals surface area contributed by atoms with E-state index in [1.807, 2.05) is 17.1 Å². The second-order valence-corrected chi connectivity index (χ2v) is 4.66. The van der Waals surface area contributed by atoms with Crippen LogP contribution in [0.5, 0.6) is 0 Å². The molecule has 0 unspecified atom stereocenters. The van der Waals surface area contributed by atoms with Crippen molar-refractivity contribution in [3.8, 4) is 0 Å². The first kappa shape index (κ1) is 8.13. The number of carboxylic acid groups (broad SMARTS) is 1. The molecule has 12 heavy (non-hydrogen) atoms. The van der Waals surface area contributed by atoms with Crippen LogP contribution < -0.4 is 0 Å². The first-order chi connectivity index (χ1) is 5.79. The maximum absolute atomic E-state index is 10.7. The fourth-order valence-electron chi connectivity index (χ4n) is 1.32. The quantitative estimate of drug-likeness (QED) is 0.755. The number of fused-ring (bicyclic) bond motifs is 1. The van der Waals surface area contributed by atoms with Crippen LogP contribution in [0.4, 0.5) is 0 Å². The van der Waals surface area contributed by atoms with Crippen LogP contribution in [0.2, 0.25) is 0 Å². The van der Waals surface area contributed by atoms with Gasteiger partial charge in [-0.2, -0.15) is 11.8 Å². The Morgan fingerprint density at radius 1 is 1.58 bits per heavy atom. The van der Waals surface area contributed by atoms with Crippen molar-refractivity contribution in [3.63, 3.8) is 0 Å². The second-order valence-electron chi connectivity index (χ2n) is 2.68. The molecule has 1 aliphatic heterocycles. The van der Waals surface area contributed by atoms with Crippen molar-refractivity contribution in [1.29, 1.82) is 0 Å². The molecule has 4 heteroatoms. The average Bonchev–Trinajstić information content (AvgIpc) is 2.47. The third-order valence-corrected chi connectivity index (χ3v) is 3.98. The lowest BCUT2D eigenvalue weighted by Gasteiger charge is -2.10. The minimum absolute atomic E-state index is 0.539. The Morgan fingerprint density at radius 2 is 2.42 bits per heavy atom. The molecule has 1 N–H and O–H groups in total. The summed E-state index contributed by atoms with van der Waals surface area (Å²) >= 11 is 3.18. The number of thioether (sulfide) groups is 1. The highest BCUT2D eigenvalue weighted by atomic mass is 32.2. The van der Waals surface area contributed by atoms with Gasteiger partial charge in [-0.25, -0.2) is 4.79 Å². The van der Waals surface area contributed by atoms with Crippen molar-refractivity contribution >= 4 is 29.1 Å². The summed E-state index contributed by atoms with van der Waals surface area (Å²) in [5.41, 5.74) is 2.31. The zero-order chi connectivity index (χ0) is 8.55. The highest BCUT2D eigenvalue weighted by molar-refractivity contribution is 7.98. The number of thiophene rings is 1. The fraction of sp³-hybridized carbons (Fsp3) is 0.375. The SMILES string of the molecule is O=C(O)c1scc2c1CSCC2. The number of carbonyl (C=O) groups is 1. The van der Waals surface area contributed by atoms with Crippen LogP contribution in [0.25, 0.3) is 0 Å². The molecule has 0 fully saturated rings. The molecule has 0 bridgehead atoms. The van der Waals surface area contributed by atoms with E-state index in [0.717, 1.165) is 23.5 Å². The van der Waals surface area contributed by atoms with Crippen LogP contribution in [0.15, 0.2) is 5.38 Å². The molecular weight excluding hydrogens is 192 g/mol. The molecule has 2 nitrogen and oxygen atoms in total. The largest absolute Gasteiger partial charge is 0.477 e. The fourth-order valence-corrected chi connectivity index (χ4v) is 3.42. The van der Waals surface area contributed by atoms with E-state index in [-0.39, 0.29) is 0 Å². The Morgan fingerprint density at radius 3 is 3.17 bits per heavy atom. The number of hydrogen-bond acceptors (Lipinski definition) is 3. The summed E-state index contributed by atoms with van der Waals surface area (Å²) in [5.74, 6) is 1.23. The van der Waals surface area contributed by atoms with E-state index >= 15 is 0 Å². The Balaban J connectivity index is 2.44. The van der Waals surface area contributed by atoms with Gasteiger partial charge in [-0.3, -0.25) is 0 Å². The molecule has 1 aromatic rings. The third kappa shape index (κ3) is 1.25. The van der Waals surface area contributed by atoms with Gasteiger partial charge < -0.3 is 5.11 Å². The Bertz CT molecular complexity index is 317. The molecule has 64 valence electrons. The number of rotatable bonds is 1. The highest BCUT2D eigenvalue weighted by Gasteiger charge is 2.19. The average molecular weight is 200 g/mol. The maximum Gasteiger partial charge on any atom is 0.346 e. The predicted octanol–water partition coefficient (Wildman–Crippen LogP) is 2.24. The zero-order valence-electron chi connectivity index (χ0n) is 6.37. The van der Waals surface area contributed by atoms with Gasteiger partial charge in [-0.1, -0.05) is 0 Å². The van der Waals surface area contributed by atoms with Crippen molar-refractivity contribution in [2.75, 3.05) is 5.75 Å². The van der Waals surface area contributed by atoms with Crippen molar-refractivity contribution in [3.05, 3.63) is 21.4 Å². The number of aryl methyl sites for hydroxylation is 1. The third-order valence-electron chi connectivity index (χ3n) is 1.94. The van der Waals surface area contributed by atoms with Gasteiger partial charge in [0.05, 0.1) is 0 Å². The van der Waals surface area contributed by atoms with Crippen LogP contribution in [-0.4, -0.2) is 16.8 Å². The molecule has 0 saturated heterocycles. The van der Waals surface area contributed by atoms with Gasteiger partial charge in [0.2, 0.25) is 0 Å². The molecule has 0 atom stereocenters. The molecule has 1 aromatic heterocycles. The summed E-state index contributed by atoms with van der Waals surface area (Å²) in [5, 5.41) is 10.8. The number of carboxylic acids is 1. The molecule has 0 saturated carbocycles. The second kappa shape index (κ2) is 3.11. The van der Waals surface area contributed by atoms with E-state index in [4.69, 9.17) is 5.11 Å². The number of hydrogen-bond donors (Lipinski definition) is 1. The zero-order valence-corrected chi connectivity index (χ0v) is 8.00. The molecule has 0 spiro atoms. The molecule has 0 amide bonds. The molecule has 0 aromatic carbocycles. The number of aromatic carboxylic acids is 1. The van der Waals surface area contributed by atoms with Gasteiger partial charge in [0.15, 0.2) is 0 Å². The van der Waals surface area contributed by atoms with Crippen LogP contribution in [-0.2, 0) is 12.2 Å². The molecule has 0 radical (unpaired) electrons. The van der Waals surface area contributed by atoms with Crippen LogP contribution >= 0.6 is 23.1 Å². The molecule has 1 aliphatic rings. The van der Waals surface area contributed by atoms with Gasteiger partial charge in [-0.05, 0) is 28.7 Å². The summed E-state index contributed by atoms with van der Waals surface area (Å²) in [6, 6.07) is 0. The van der Waals surface area contributed by atoms with Crippen molar-refractivity contribution < 1.29 is 9.90 Å². The summed E-state index contributed by atoms with van der Waals surface area (Å²) in [6.45, 7) is 0. The van der Waals surface area contributed by atoms with Gasteiger partial charge in [0.1, 0.15) is 4.88 Å². The lowest BCUT2D eigenvalue weighted by molar-refractivity contribution is 0.0701. The van der Waals surface area contributed by atoms with Crippen LogP contribution in [0.3, 0.4) is 0 Å². The van der Waals surface area contributed by atoms with Crippen LogP contribution in [0.1, 0.15) is 20.8 Å². The Hall–Kier alpha value is -0.480. The van der Waals surface area contributed by atoms with Gasteiger partial charge >= 0.3 is 5.97 Å². The van der Waals surface area contributed by atoms with E-state index in [0.29, 0.717) is 4.88 Å². The summed E-state index contributed by atoms with van der Waals surface area (Å²) in [6.07, 6.45) is 1.03. The Labute approximate surface area is 78.6 Å². The van der Waals surface area contributed by atoms with Crippen LogP contribution in [0, 0.1) is 0 Å². The monoisotopic (exact) mass is 200 g/mol. The van der Waals surface area contributed by atoms with Gasteiger partial charge in [0.25, 0.3) is 0 Å². The van der Waals surface area contributed by atoms with E-state index < -0.39 is 5.97 Å². The normalized spacial score (nSPS) is 15.7. The molecule has 2 rings (SSSR count). The van der Waals surface area contributed by atoms with Crippen molar-refractivity contribution in [1.82, 2.24) is 0 Å². The summed E-state index contributed by atoms with van der Waals surface area (Å²) < 4.78 is 0. The summed E-state index contributed by atoms with van der Waals surface area (Å²) in [7, 11) is 0. The maximum atomic E-state index is 10.7. The van der Waals surface area contributed by atoms with Gasteiger partial charge in [-0.15, -0.1) is 11.3 Å². The van der Waals surface area contributed by atoms with E-state index in [2.05, 4.69) is 0 Å². The lowest BCUT2D eigenvalue weighted by atomic mass is 10.1. The smallest absolute Gasteiger partial charge is 0.346 e. The Kier molecular flexibility index (Phi) is 2.11. The van der Waals surface area contributed by atoms with E-state index in [9.17, 15) is 4.79 Å².